The van der Waals surface area contributed by atoms with Crippen LogP contribution in [0.25, 0.3) is 0 Å². The van der Waals surface area contributed by atoms with Crippen LogP contribution >= 0.6 is 0 Å². The first-order valence-electron chi connectivity index (χ1n) is 5.65. The summed E-state index contributed by atoms with van der Waals surface area (Å²) in [7, 11) is 1.95. The average molecular weight is 258 g/mol. The number of rotatable bonds is 4. The summed E-state index contributed by atoms with van der Waals surface area (Å²) in [5.74, 6) is -2.03. The van der Waals surface area contributed by atoms with E-state index < -0.39 is 30.4 Å². The number of carboxylic acid groups (broad SMARTS) is 1. The van der Waals surface area contributed by atoms with Crippen molar-refractivity contribution in [3.63, 3.8) is 0 Å². The van der Waals surface area contributed by atoms with Gasteiger partial charge in [0.25, 0.3) is 0 Å². The van der Waals surface area contributed by atoms with E-state index in [0.29, 0.717) is 13.1 Å². The van der Waals surface area contributed by atoms with Crippen molar-refractivity contribution in [2.75, 3.05) is 33.2 Å². The molecule has 1 atom stereocenters. The van der Waals surface area contributed by atoms with Gasteiger partial charge >= 0.3 is 12.0 Å². The zero-order chi connectivity index (χ0) is 13.7. The number of carboxylic acids is 1. The fourth-order valence-corrected chi connectivity index (χ4v) is 1.65. The molecule has 0 spiro atoms. The zero-order valence-corrected chi connectivity index (χ0v) is 10.3. The Labute approximate surface area is 105 Å². The lowest BCUT2D eigenvalue weighted by Gasteiger charge is -2.33. The van der Waals surface area contributed by atoms with Gasteiger partial charge in [-0.3, -0.25) is 4.79 Å². The Bertz CT molecular complexity index is 339. The number of aliphatic carboxylic acids is 1. The number of hydrogen-bond acceptors (Lipinski definition) is 4. The molecule has 0 radical (unpaired) electrons. The van der Waals surface area contributed by atoms with Crippen LogP contribution in [0.4, 0.5) is 4.79 Å². The van der Waals surface area contributed by atoms with Gasteiger partial charge in [0.1, 0.15) is 6.04 Å². The molecule has 0 aromatic heterocycles. The van der Waals surface area contributed by atoms with Gasteiger partial charge in [-0.15, -0.1) is 0 Å². The summed E-state index contributed by atoms with van der Waals surface area (Å²) in [6, 6.07) is -1.74. The molecule has 1 saturated heterocycles. The number of primary amides is 1. The normalized spacial score (nSPS) is 18.2. The third kappa shape index (κ3) is 4.21. The van der Waals surface area contributed by atoms with E-state index in [9.17, 15) is 14.4 Å². The van der Waals surface area contributed by atoms with Crippen molar-refractivity contribution in [2.24, 2.45) is 5.73 Å². The van der Waals surface area contributed by atoms with Crippen LogP contribution in [0.15, 0.2) is 0 Å². The first-order chi connectivity index (χ1) is 8.40. The molecule has 8 heteroatoms. The second-order valence-electron chi connectivity index (χ2n) is 4.30. The minimum absolute atomic E-state index is 0.408. The first-order valence-corrected chi connectivity index (χ1v) is 5.65. The molecule has 8 nitrogen and oxygen atoms in total. The molecule has 0 unspecified atom stereocenters. The molecule has 4 N–H and O–H groups in total. The predicted molar refractivity (Wildman–Crippen MR) is 62.8 cm³/mol. The van der Waals surface area contributed by atoms with E-state index in [1.165, 1.54) is 4.90 Å². The molecule has 18 heavy (non-hydrogen) atoms. The highest BCUT2D eigenvalue weighted by Gasteiger charge is 2.26. The van der Waals surface area contributed by atoms with Gasteiger partial charge < -0.3 is 26.0 Å². The standard InChI is InChI=1S/C10H18N4O4/c1-13-2-4-14(5-3-13)10(18)12-7(9(16)17)6-8(11)15/h7H,2-6H2,1H3,(H2,11,15)(H,12,18)(H,16,17)/t7-/m0/s1. The highest BCUT2D eigenvalue weighted by Crippen LogP contribution is 2.01. The third-order valence-electron chi connectivity index (χ3n) is 2.79. The van der Waals surface area contributed by atoms with E-state index in [0.717, 1.165) is 13.1 Å². The van der Waals surface area contributed by atoms with Crippen LogP contribution < -0.4 is 11.1 Å². The van der Waals surface area contributed by atoms with Crippen molar-refractivity contribution in [3.05, 3.63) is 0 Å². The first kappa shape index (κ1) is 14.2. The molecule has 1 fully saturated rings. The molecule has 1 heterocycles. The predicted octanol–water partition coefficient (Wildman–Crippen LogP) is -1.73. The molecule has 0 saturated carbocycles. The number of urea groups is 1. The lowest BCUT2D eigenvalue weighted by Crippen LogP contribution is -2.54. The Morgan fingerprint density at radius 2 is 1.83 bits per heavy atom. The summed E-state index contributed by atoms with van der Waals surface area (Å²) in [4.78, 5) is 36.9. The number of nitrogens with one attached hydrogen (secondary N) is 1. The fraction of sp³-hybridized carbons (Fsp3) is 0.700. The molecular formula is C10H18N4O4. The molecule has 0 bridgehead atoms. The Morgan fingerprint density at radius 3 is 2.28 bits per heavy atom. The number of carbonyl (C=O) groups is 3. The van der Waals surface area contributed by atoms with Crippen molar-refractivity contribution in [1.82, 2.24) is 15.1 Å². The molecule has 0 aliphatic carbocycles. The monoisotopic (exact) mass is 258 g/mol. The summed E-state index contributed by atoms with van der Waals surface area (Å²) in [6.45, 7) is 2.54. The molecule has 1 aliphatic rings. The maximum atomic E-state index is 11.8. The van der Waals surface area contributed by atoms with Gasteiger partial charge in [-0.2, -0.15) is 0 Å². The van der Waals surface area contributed by atoms with Crippen LogP contribution in [0.1, 0.15) is 6.42 Å². The Morgan fingerprint density at radius 1 is 1.28 bits per heavy atom. The van der Waals surface area contributed by atoms with Crippen LogP contribution in [0, 0.1) is 0 Å². The van der Waals surface area contributed by atoms with Gasteiger partial charge in [0.05, 0.1) is 6.42 Å². The SMILES string of the molecule is CN1CCN(C(=O)N[C@@H](CC(N)=O)C(=O)O)CC1. The summed E-state index contributed by atoms with van der Waals surface area (Å²) in [6.07, 6.45) is -0.408. The van der Waals surface area contributed by atoms with Crippen molar-refractivity contribution < 1.29 is 19.5 Å². The van der Waals surface area contributed by atoms with E-state index >= 15 is 0 Å². The molecule has 102 valence electrons. The van der Waals surface area contributed by atoms with Crippen LogP contribution in [0.5, 0.6) is 0 Å². The van der Waals surface area contributed by atoms with Gasteiger partial charge in [-0.25, -0.2) is 9.59 Å². The number of amides is 3. The van der Waals surface area contributed by atoms with E-state index in [1.807, 2.05) is 7.05 Å². The summed E-state index contributed by atoms with van der Waals surface area (Å²) in [5, 5.41) is 11.2. The summed E-state index contributed by atoms with van der Waals surface area (Å²) >= 11 is 0. The number of carbonyl (C=O) groups excluding carboxylic acids is 2. The lowest BCUT2D eigenvalue weighted by molar-refractivity contribution is -0.141. The molecule has 3 amide bonds. The van der Waals surface area contributed by atoms with Gasteiger partial charge in [0, 0.05) is 26.2 Å². The highest BCUT2D eigenvalue weighted by molar-refractivity contribution is 5.87. The van der Waals surface area contributed by atoms with E-state index in [2.05, 4.69) is 10.2 Å². The molecular weight excluding hydrogens is 240 g/mol. The molecule has 1 aliphatic heterocycles. The largest absolute Gasteiger partial charge is 0.480 e. The lowest BCUT2D eigenvalue weighted by atomic mass is 10.2. The third-order valence-corrected chi connectivity index (χ3v) is 2.79. The number of nitrogens with zero attached hydrogens (tertiary/aromatic N) is 2. The Balaban J connectivity index is 2.50. The van der Waals surface area contributed by atoms with Crippen LogP contribution in [-0.4, -0.2) is 72.1 Å². The molecule has 0 aromatic rings. The molecule has 0 aromatic carbocycles. The zero-order valence-electron chi connectivity index (χ0n) is 10.3. The second-order valence-corrected chi connectivity index (χ2v) is 4.30. The summed E-state index contributed by atoms with van der Waals surface area (Å²) < 4.78 is 0. The van der Waals surface area contributed by atoms with Crippen molar-refractivity contribution in [2.45, 2.75) is 12.5 Å². The number of likely N-dealkylation sites (N-methyl/N-ethyl adjacent to an activating group) is 1. The van der Waals surface area contributed by atoms with E-state index in [1.54, 1.807) is 0 Å². The van der Waals surface area contributed by atoms with Gasteiger partial charge in [-0.1, -0.05) is 0 Å². The maximum absolute atomic E-state index is 11.8. The van der Waals surface area contributed by atoms with Crippen molar-refractivity contribution in [1.29, 1.82) is 0 Å². The highest BCUT2D eigenvalue weighted by atomic mass is 16.4. The van der Waals surface area contributed by atoms with Gasteiger partial charge in [0.2, 0.25) is 5.91 Å². The van der Waals surface area contributed by atoms with Crippen LogP contribution in [-0.2, 0) is 9.59 Å². The van der Waals surface area contributed by atoms with Crippen molar-refractivity contribution in [3.8, 4) is 0 Å². The topological polar surface area (TPSA) is 116 Å². The average Bonchev–Trinajstić information content (AvgIpc) is 2.28. The summed E-state index contributed by atoms with van der Waals surface area (Å²) in [5.41, 5.74) is 4.93. The minimum Gasteiger partial charge on any atom is -0.480 e. The Kier molecular flexibility index (Phi) is 4.90. The fourth-order valence-electron chi connectivity index (χ4n) is 1.65. The number of nitrogens with two attached hydrogens (primary N) is 1. The Hall–Kier alpha value is -1.83. The van der Waals surface area contributed by atoms with Crippen LogP contribution in [0.2, 0.25) is 0 Å². The number of hydrogen-bond donors (Lipinski definition) is 3. The smallest absolute Gasteiger partial charge is 0.326 e. The molecule has 1 rings (SSSR count). The van der Waals surface area contributed by atoms with Crippen molar-refractivity contribution >= 4 is 17.9 Å². The van der Waals surface area contributed by atoms with Gasteiger partial charge in [0.15, 0.2) is 0 Å². The quantitative estimate of drug-likeness (QED) is 0.554. The number of piperazine rings is 1. The van der Waals surface area contributed by atoms with E-state index in [4.69, 9.17) is 10.8 Å². The minimum atomic E-state index is -1.27. The second kappa shape index (κ2) is 6.20. The van der Waals surface area contributed by atoms with Gasteiger partial charge in [-0.05, 0) is 7.05 Å². The van der Waals surface area contributed by atoms with Crippen LogP contribution in [0.3, 0.4) is 0 Å². The maximum Gasteiger partial charge on any atom is 0.326 e. The van der Waals surface area contributed by atoms with E-state index in [-0.39, 0.29) is 0 Å².